The van der Waals surface area contributed by atoms with Gasteiger partial charge in [0.1, 0.15) is 0 Å². The van der Waals surface area contributed by atoms with Crippen molar-refractivity contribution in [2.75, 3.05) is 0 Å². The Morgan fingerprint density at radius 3 is 1.74 bits per heavy atom. The zero-order valence-electron chi connectivity index (χ0n) is 25.6. The van der Waals surface area contributed by atoms with Crippen LogP contribution in [0, 0.1) is 0 Å². The second kappa shape index (κ2) is 10.1. The van der Waals surface area contributed by atoms with Crippen LogP contribution < -0.4 is 0 Å². The van der Waals surface area contributed by atoms with Crippen molar-refractivity contribution in [3.05, 3.63) is 176 Å². The average Bonchev–Trinajstić information content (AvgIpc) is 3.82. The molecule has 0 spiro atoms. The van der Waals surface area contributed by atoms with Gasteiger partial charge < -0.3 is 13.7 Å². The van der Waals surface area contributed by atoms with E-state index in [0.717, 1.165) is 17.1 Å². The van der Waals surface area contributed by atoms with Crippen LogP contribution in [0.3, 0.4) is 0 Å². The maximum atomic E-state index is 2.42. The van der Waals surface area contributed by atoms with Crippen LogP contribution in [0.15, 0.2) is 176 Å². The molecule has 0 aliphatic rings. The summed E-state index contributed by atoms with van der Waals surface area (Å²) in [5.74, 6) is 0. The number of benzene rings is 7. The molecule has 0 aliphatic heterocycles. The molecule has 0 saturated heterocycles. The molecule has 3 aromatic heterocycles. The second-order valence-electron chi connectivity index (χ2n) is 12.2. The standard InChI is InChI=1S/C44H29N3/c1-3-12-30(13-4-1)32-23-24-38-36-18-7-9-20-40(36)46(42(38)28-32)35-17-11-16-34(29-35)45-27-26-31-22-25-39-37-19-8-10-21-41(37)47(44(39)43(31)45)33-14-5-2-6-15-33/h1-29H. The SMILES string of the molecule is c1ccc(-c2ccc3c4ccccc4n(-c4cccc(-n5ccc6ccc7c8ccccc8n(-c8ccccc8)c7c65)c4)c3c2)cc1. The Morgan fingerprint density at radius 2 is 0.936 bits per heavy atom. The van der Waals surface area contributed by atoms with Crippen LogP contribution in [-0.4, -0.2) is 13.7 Å². The Bertz CT molecular complexity index is 2780. The molecule has 220 valence electrons. The Hall–Kier alpha value is -6.32. The lowest BCUT2D eigenvalue weighted by Gasteiger charge is -2.14. The molecule has 7 aromatic carbocycles. The smallest absolute Gasteiger partial charge is 0.0788 e. The van der Waals surface area contributed by atoms with Crippen molar-refractivity contribution in [1.82, 2.24) is 13.7 Å². The van der Waals surface area contributed by atoms with E-state index >= 15 is 0 Å². The largest absolute Gasteiger partial charge is 0.315 e. The number of rotatable bonds is 4. The molecule has 3 nitrogen and oxygen atoms in total. The summed E-state index contributed by atoms with van der Waals surface area (Å²) in [5, 5.41) is 6.24. The third-order valence-corrected chi connectivity index (χ3v) is 9.65. The Labute approximate surface area is 271 Å². The van der Waals surface area contributed by atoms with Gasteiger partial charge in [-0.15, -0.1) is 0 Å². The molecule has 47 heavy (non-hydrogen) atoms. The topological polar surface area (TPSA) is 14.8 Å². The number of hydrogen-bond acceptors (Lipinski definition) is 0. The first-order valence-electron chi connectivity index (χ1n) is 16.1. The summed E-state index contributed by atoms with van der Waals surface area (Å²) in [4.78, 5) is 0. The van der Waals surface area contributed by atoms with Crippen LogP contribution in [-0.2, 0) is 0 Å². The minimum Gasteiger partial charge on any atom is -0.315 e. The molecular weight excluding hydrogens is 571 g/mol. The summed E-state index contributed by atoms with van der Waals surface area (Å²) in [6.07, 6.45) is 2.22. The highest BCUT2D eigenvalue weighted by atomic mass is 15.0. The molecular formula is C44H29N3. The third kappa shape index (κ3) is 3.87. The average molecular weight is 600 g/mol. The van der Waals surface area contributed by atoms with Gasteiger partial charge in [0.05, 0.1) is 27.6 Å². The molecule has 3 heterocycles. The van der Waals surface area contributed by atoms with Gasteiger partial charge in [-0.05, 0) is 65.7 Å². The zero-order valence-corrected chi connectivity index (χ0v) is 25.6. The van der Waals surface area contributed by atoms with Crippen molar-refractivity contribution in [1.29, 1.82) is 0 Å². The highest BCUT2D eigenvalue weighted by Gasteiger charge is 2.19. The number of para-hydroxylation sites is 3. The molecule has 0 saturated carbocycles. The lowest BCUT2D eigenvalue weighted by Crippen LogP contribution is -2.00. The predicted molar refractivity (Wildman–Crippen MR) is 197 cm³/mol. The summed E-state index contributed by atoms with van der Waals surface area (Å²) >= 11 is 0. The van der Waals surface area contributed by atoms with Gasteiger partial charge in [-0.2, -0.15) is 0 Å². The normalized spacial score (nSPS) is 11.8. The summed E-state index contributed by atoms with van der Waals surface area (Å²) in [6.45, 7) is 0. The van der Waals surface area contributed by atoms with Crippen LogP contribution in [0.1, 0.15) is 0 Å². The lowest BCUT2D eigenvalue weighted by molar-refractivity contribution is 1.10. The number of hydrogen-bond donors (Lipinski definition) is 0. The van der Waals surface area contributed by atoms with Gasteiger partial charge >= 0.3 is 0 Å². The van der Waals surface area contributed by atoms with Crippen molar-refractivity contribution in [2.45, 2.75) is 0 Å². The van der Waals surface area contributed by atoms with E-state index in [-0.39, 0.29) is 0 Å². The summed E-state index contributed by atoms with van der Waals surface area (Å²) < 4.78 is 7.21. The van der Waals surface area contributed by atoms with E-state index in [1.54, 1.807) is 0 Å². The maximum absolute atomic E-state index is 2.42. The van der Waals surface area contributed by atoms with Crippen molar-refractivity contribution in [3.8, 4) is 28.2 Å². The van der Waals surface area contributed by atoms with Crippen molar-refractivity contribution in [3.63, 3.8) is 0 Å². The van der Waals surface area contributed by atoms with Gasteiger partial charge in [0.25, 0.3) is 0 Å². The van der Waals surface area contributed by atoms with Gasteiger partial charge in [0, 0.05) is 50.2 Å². The van der Waals surface area contributed by atoms with E-state index < -0.39 is 0 Å². The van der Waals surface area contributed by atoms with Gasteiger partial charge in [-0.3, -0.25) is 0 Å². The molecule has 3 heteroatoms. The van der Waals surface area contributed by atoms with Crippen molar-refractivity contribution < 1.29 is 0 Å². The molecule has 0 bridgehead atoms. The highest BCUT2D eigenvalue weighted by Crippen LogP contribution is 2.39. The van der Waals surface area contributed by atoms with Crippen LogP contribution in [0.25, 0.3) is 82.7 Å². The molecule has 0 aliphatic carbocycles. The highest BCUT2D eigenvalue weighted by molar-refractivity contribution is 6.18. The van der Waals surface area contributed by atoms with Crippen LogP contribution >= 0.6 is 0 Å². The predicted octanol–water partition coefficient (Wildman–Crippen LogP) is 11.5. The van der Waals surface area contributed by atoms with E-state index in [9.17, 15) is 0 Å². The minimum absolute atomic E-state index is 1.13. The Balaban J connectivity index is 1.24. The van der Waals surface area contributed by atoms with E-state index in [1.165, 1.54) is 65.6 Å². The molecule has 0 unspecified atom stereocenters. The first-order chi connectivity index (χ1) is 23.3. The van der Waals surface area contributed by atoms with Gasteiger partial charge in [0.2, 0.25) is 0 Å². The summed E-state index contributed by atoms with van der Waals surface area (Å²) in [7, 11) is 0. The fourth-order valence-electron chi connectivity index (χ4n) is 7.57. The summed E-state index contributed by atoms with van der Waals surface area (Å²) in [6, 6.07) is 61.4. The lowest BCUT2D eigenvalue weighted by atomic mass is 10.0. The first kappa shape index (κ1) is 26.0. The number of fused-ring (bicyclic) bond motifs is 8. The van der Waals surface area contributed by atoms with E-state index in [4.69, 9.17) is 0 Å². The fraction of sp³-hybridized carbons (Fsp3) is 0. The fourth-order valence-corrected chi connectivity index (χ4v) is 7.57. The molecule has 0 fully saturated rings. The second-order valence-corrected chi connectivity index (χ2v) is 12.2. The molecule has 10 aromatic rings. The molecule has 10 rings (SSSR count). The molecule has 0 amide bonds. The van der Waals surface area contributed by atoms with Crippen molar-refractivity contribution in [2.24, 2.45) is 0 Å². The Morgan fingerprint density at radius 1 is 0.319 bits per heavy atom. The van der Waals surface area contributed by atoms with Gasteiger partial charge in [-0.25, -0.2) is 0 Å². The molecule has 0 N–H and O–H groups in total. The Kier molecular flexibility index (Phi) is 5.57. The monoisotopic (exact) mass is 599 g/mol. The quantitative estimate of drug-likeness (QED) is 0.191. The van der Waals surface area contributed by atoms with Crippen LogP contribution in [0.2, 0.25) is 0 Å². The van der Waals surface area contributed by atoms with E-state index in [1.807, 2.05) is 0 Å². The molecule has 0 radical (unpaired) electrons. The number of nitrogens with zero attached hydrogens (tertiary/aromatic N) is 3. The van der Waals surface area contributed by atoms with E-state index in [0.29, 0.717) is 0 Å². The maximum Gasteiger partial charge on any atom is 0.0788 e. The third-order valence-electron chi connectivity index (χ3n) is 9.65. The zero-order chi connectivity index (χ0) is 30.9. The minimum atomic E-state index is 1.13. The van der Waals surface area contributed by atoms with Crippen LogP contribution in [0.5, 0.6) is 0 Å². The number of aromatic nitrogens is 3. The summed E-state index contributed by atoms with van der Waals surface area (Å²) in [5.41, 5.74) is 11.9. The van der Waals surface area contributed by atoms with Gasteiger partial charge in [-0.1, -0.05) is 115 Å². The van der Waals surface area contributed by atoms with Gasteiger partial charge in [0.15, 0.2) is 0 Å². The van der Waals surface area contributed by atoms with Crippen LogP contribution in [0.4, 0.5) is 0 Å². The molecule has 0 atom stereocenters. The van der Waals surface area contributed by atoms with Crippen molar-refractivity contribution >= 4 is 54.5 Å². The van der Waals surface area contributed by atoms with E-state index in [2.05, 4.69) is 190 Å². The first-order valence-corrected chi connectivity index (χ1v) is 16.1.